The molecule has 5 nitrogen and oxygen atoms in total. The molecular weight excluding hydrogens is 358 g/mol. The fourth-order valence-electron chi connectivity index (χ4n) is 2.64. The third-order valence-electron chi connectivity index (χ3n) is 4.09. The highest BCUT2D eigenvalue weighted by atomic mass is 32.2. The van der Waals surface area contributed by atoms with Crippen LogP contribution in [0.25, 0.3) is 0 Å². The van der Waals surface area contributed by atoms with Crippen molar-refractivity contribution in [1.82, 2.24) is 0 Å². The summed E-state index contributed by atoms with van der Waals surface area (Å²) in [5.74, 6) is 0.0960. The van der Waals surface area contributed by atoms with E-state index in [1.165, 1.54) is 69.2 Å². The molecule has 7 heteroatoms. The maximum atomic E-state index is 12.0. The molecule has 0 saturated heterocycles. The van der Waals surface area contributed by atoms with E-state index in [2.05, 4.69) is 11.6 Å². The second-order valence-electron chi connectivity index (χ2n) is 6.36. The van der Waals surface area contributed by atoms with Crippen LogP contribution < -0.4 is 4.72 Å². The highest BCUT2D eigenvalue weighted by molar-refractivity contribution is 7.92. The van der Waals surface area contributed by atoms with Crippen molar-refractivity contribution in [2.75, 3.05) is 10.5 Å². The summed E-state index contributed by atoms with van der Waals surface area (Å²) >= 11 is -2.30. The molecule has 0 radical (unpaired) electrons. The van der Waals surface area contributed by atoms with Gasteiger partial charge in [0.25, 0.3) is 0 Å². The number of hydrogen-bond donors (Lipinski definition) is 1. The molecule has 0 saturated carbocycles. The standard InChI is InChI=1S/C18H31NO4S2/c1-2-3-4-5-6-7-8-9-10-11-16-25(22,23)19-17-12-14-18(15-13-17)24(20)21/h12-15,19H,2-11,16H2,1H3,(H,20,21)/p-1. The molecule has 0 spiro atoms. The van der Waals surface area contributed by atoms with Crippen LogP contribution >= 0.6 is 0 Å². The fourth-order valence-corrected chi connectivity index (χ4v) is 4.18. The minimum absolute atomic E-state index is 0.0960. The van der Waals surface area contributed by atoms with Gasteiger partial charge in [-0.25, -0.2) is 8.42 Å². The molecule has 1 aromatic rings. The Kier molecular flexibility index (Phi) is 11.0. The average Bonchev–Trinajstić information content (AvgIpc) is 2.56. The highest BCUT2D eigenvalue weighted by Gasteiger charge is 2.10. The van der Waals surface area contributed by atoms with Gasteiger partial charge in [-0.2, -0.15) is 0 Å². The zero-order valence-electron chi connectivity index (χ0n) is 15.0. The van der Waals surface area contributed by atoms with Crippen LogP contribution in [0.3, 0.4) is 0 Å². The molecule has 1 aromatic carbocycles. The normalized spacial score (nSPS) is 12.9. The monoisotopic (exact) mass is 388 g/mol. The molecule has 0 aliphatic rings. The van der Waals surface area contributed by atoms with Gasteiger partial charge in [0.1, 0.15) is 0 Å². The molecule has 0 fully saturated rings. The van der Waals surface area contributed by atoms with Crippen molar-refractivity contribution in [3.05, 3.63) is 24.3 Å². The molecule has 1 rings (SSSR count). The van der Waals surface area contributed by atoms with Gasteiger partial charge in [0.05, 0.1) is 5.75 Å². The minimum Gasteiger partial charge on any atom is -0.768 e. The number of benzene rings is 1. The summed E-state index contributed by atoms with van der Waals surface area (Å²) in [6.45, 7) is 2.21. The third-order valence-corrected chi connectivity index (χ3v) is 6.12. The molecule has 1 unspecified atom stereocenters. The van der Waals surface area contributed by atoms with Crippen molar-refractivity contribution in [2.24, 2.45) is 0 Å². The zero-order chi connectivity index (χ0) is 18.5. The largest absolute Gasteiger partial charge is 0.768 e. The predicted octanol–water partition coefficient (Wildman–Crippen LogP) is 4.59. The summed E-state index contributed by atoms with van der Waals surface area (Å²) in [5.41, 5.74) is 0.390. The molecule has 0 heterocycles. The summed E-state index contributed by atoms with van der Waals surface area (Å²) in [6, 6.07) is 5.67. The topological polar surface area (TPSA) is 86.3 Å². The SMILES string of the molecule is CCCCCCCCCCCCS(=O)(=O)Nc1ccc(S(=O)[O-])cc1. The first-order valence-corrected chi connectivity index (χ1v) is 11.9. The van der Waals surface area contributed by atoms with Crippen LogP contribution in [0, 0.1) is 0 Å². The first kappa shape index (κ1) is 22.1. The second kappa shape index (κ2) is 12.4. The van der Waals surface area contributed by atoms with Gasteiger partial charge in [-0.15, -0.1) is 0 Å². The van der Waals surface area contributed by atoms with Crippen molar-refractivity contribution in [1.29, 1.82) is 0 Å². The van der Waals surface area contributed by atoms with Crippen molar-refractivity contribution in [3.63, 3.8) is 0 Å². The maximum Gasteiger partial charge on any atom is 0.232 e. The van der Waals surface area contributed by atoms with Gasteiger partial charge >= 0.3 is 0 Å². The Bertz CT molecular complexity index is 600. The Labute approximate surface area is 154 Å². The Morgan fingerprint density at radius 1 is 0.880 bits per heavy atom. The predicted molar refractivity (Wildman–Crippen MR) is 103 cm³/mol. The van der Waals surface area contributed by atoms with Crippen molar-refractivity contribution in [2.45, 2.75) is 76.0 Å². The first-order chi connectivity index (χ1) is 11.9. The summed E-state index contributed by atoms with van der Waals surface area (Å²) in [6.07, 6.45) is 11.6. The third kappa shape index (κ3) is 10.6. The molecule has 0 aromatic heterocycles. The summed E-state index contributed by atoms with van der Waals surface area (Å²) in [4.78, 5) is 0.137. The van der Waals surface area contributed by atoms with Gasteiger partial charge in [0, 0.05) is 10.6 Å². The van der Waals surface area contributed by atoms with Crippen molar-refractivity contribution >= 4 is 26.8 Å². The van der Waals surface area contributed by atoms with Crippen LogP contribution in [-0.2, 0) is 21.1 Å². The van der Waals surface area contributed by atoms with Gasteiger partial charge in [-0.05, 0) is 41.8 Å². The van der Waals surface area contributed by atoms with Crippen molar-refractivity contribution < 1.29 is 17.2 Å². The number of anilines is 1. The molecule has 1 atom stereocenters. The Balaban J connectivity index is 2.16. The molecular formula is C18H30NO4S2-. The molecule has 144 valence electrons. The lowest BCUT2D eigenvalue weighted by Crippen LogP contribution is -2.16. The van der Waals surface area contributed by atoms with Gasteiger partial charge in [-0.1, -0.05) is 64.7 Å². The van der Waals surface area contributed by atoms with Gasteiger partial charge < -0.3 is 4.55 Å². The van der Waals surface area contributed by atoms with E-state index in [1.54, 1.807) is 0 Å². The fraction of sp³-hybridized carbons (Fsp3) is 0.667. The quantitative estimate of drug-likeness (QED) is 0.373. The maximum absolute atomic E-state index is 12.0. The van der Waals surface area contributed by atoms with Gasteiger partial charge in [0.2, 0.25) is 10.0 Å². The number of nitrogens with one attached hydrogen (secondary N) is 1. The van der Waals surface area contributed by atoms with Crippen molar-refractivity contribution in [3.8, 4) is 0 Å². The number of hydrogen-bond acceptors (Lipinski definition) is 4. The Hall–Kier alpha value is -0.920. The van der Waals surface area contributed by atoms with E-state index in [1.807, 2.05) is 0 Å². The first-order valence-electron chi connectivity index (χ1n) is 9.14. The molecule has 0 amide bonds. The molecule has 1 N–H and O–H groups in total. The number of unbranched alkanes of at least 4 members (excludes halogenated alkanes) is 9. The van der Waals surface area contributed by atoms with Crippen LogP contribution in [0.1, 0.15) is 71.1 Å². The lowest BCUT2D eigenvalue weighted by atomic mass is 10.1. The lowest BCUT2D eigenvalue weighted by Gasteiger charge is -2.10. The van der Waals surface area contributed by atoms with Crippen LogP contribution in [0.4, 0.5) is 5.69 Å². The van der Waals surface area contributed by atoms with E-state index >= 15 is 0 Å². The van der Waals surface area contributed by atoms with Gasteiger partial charge in [0.15, 0.2) is 0 Å². The van der Waals surface area contributed by atoms with Crippen LogP contribution in [0.15, 0.2) is 29.2 Å². The molecule has 0 bridgehead atoms. The summed E-state index contributed by atoms with van der Waals surface area (Å²) in [5, 5.41) is 0. The zero-order valence-corrected chi connectivity index (χ0v) is 16.7. The molecule has 25 heavy (non-hydrogen) atoms. The summed E-state index contributed by atoms with van der Waals surface area (Å²) in [7, 11) is -3.38. The Morgan fingerprint density at radius 3 is 1.84 bits per heavy atom. The summed E-state index contributed by atoms with van der Waals surface area (Å²) < 4.78 is 48.1. The highest BCUT2D eigenvalue weighted by Crippen LogP contribution is 2.15. The van der Waals surface area contributed by atoms with E-state index in [4.69, 9.17) is 0 Å². The van der Waals surface area contributed by atoms with E-state index in [0.29, 0.717) is 12.1 Å². The van der Waals surface area contributed by atoms with Crippen LogP contribution in [-0.4, -0.2) is 22.9 Å². The van der Waals surface area contributed by atoms with Crippen LogP contribution in [0.2, 0.25) is 0 Å². The van der Waals surface area contributed by atoms with E-state index in [-0.39, 0.29) is 10.6 Å². The van der Waals surface area contributed by atoms with E-state index in [9.17, 15) is 17.2 Å². The second-order valence-corrected chi connectivity index (χ2v) is 9.14. The lowest BCUT2D eigenvalue weighted by molar-refractivity contribution is 0.537. The molecule has 0 aliphatic carbocycles. The van der Waals surface area contributed by atoms with E-state index < -0.39 is 21.1 Å². The number of rotatable bonds is 14. The minimum atomic E-state index is -3.38. The van der Waals surface area contributed by atoms with E-state index in [0.717, 1.165) is 12.8 Å². The van der Waals surface area contributed by atoms with Crippen LogP contribution in [0.5, 0.6) is 0 Å². The Morgan fingerprint density at radius 2 is 1.36 bits per heavy atom. The van der Waals surface area contributed by atoms with Gasteiger partial charge in [-0.3, -0.25) is 8.93 Å². The molecule has 0 aliphatic heterocycles. The number of sulfonamides is 1. The smallest absolute Gasteiger partial charge is 0.232 e. The average molecular weight is 389 g/mol.